The van der Waals surface area contributed by atoms with Gasteiger partial charge in [-0.15, -0.1) is 0 Å². The van der Waals surface area contributed by atoms with E-state index in [0.29, 0.717) is 10.9 Å². The molecule has 0 spiro atoms. The number of aromatic amines is 1. The normalized spacial score (nSPS) is 16.0. The summed E-state index contributed by atoms with van der Waals surface area (Å²) in [6.07, 6.45) is 2.06. The number of halogens is 2. The van der Waals surface area contributed by atoms with Crippen molar-refractivity contribution in [3.63, 3.8) is 0 Å². The van der Waals surface area contributed by atoms with E-state index in [1.165, 1.54) is 5.56 Å². The first-order valence-electron chi connectivity index (χ1n) is 8.03. The van der Waals surface area contributed by atoms with Crippen molar-refractivity contribution in [2.75, 3.05) is 18.1 Å². The van der Waals surface area contributed by atoms with E-state index in [1.54, 1.807) is 10.7 Å². The second-order valence-electron chi connectivity index (χ2n) is 6.19. The minimum Gasteiger partial charge on any atom is -0.308 e. The van der Waals surface area contributed by atoms with E-state index >= 15 is 0 Å². The molecule has 4 rings (SSSR count). The summed E-state index contributed by atoms with van der Waals surface area (Å²) in [7, 11) is 0. The fraction of sp³-hybridized carbons (Fsp3) is 0.278. The molecule has 24 heavy (non-hydrogen) atoms. The predicted octanol–water partition coefficient (Wildman–Crippen LogP) is 4.26. The highest BCUT2D eigenvalue weighted by Gasteiger charge is 2.23. The van der Waals surface area contributed by atoms with Crippen LogP contribution in [-0.4, -0.2) is 22.7 Å². The number of H-pyrrole nitrogens is 1. The molecule has 0 saturated carbocycles. The molecule has 1 aliphatic rings. The topological polar surface area (TPSA) is 41.0 Å². The molecule has 2 heterocycles. The van der Waals surface area contributed by atoms with E-state index in [0.717, 1.165) is 41.4 Å². The number of aromatic nitrogens is 2. The molecule has 3 aromatic rings. The van der Waals surface area contributed by atoms with Gasteiger partial charge in [0, 0.05) is 22.6 Å². The molecule has 0 radical (unpaired) electrons. The van der Waals surface area contributed by atoms with E-state index in [9.17, 15) is 4.79 Å². The Hall–Kier alpha value is -1.72. The number of piperidine rings is 1. The lowest BCUT2D eigenvalue weighted by molar-refractivity contribution is 0.434. The number of nitrogens with zero attached hydrogens (tertiary/aromatic N) is 2. The highest BCUT2D eigenvalue weighted by atomic mass is 79.9. The van der Waals surface area contributed by atoms with Crippen LogP contribution in [0.25, 0.3) is 11.0 Å². The summed E-state index contributed by atoms with van der Waals surface area (Å²) in [6.45, 7) is 1.71. The van der Waals surface area contributed by atoms with Crippen LogP contribution in [0.1, 0.15) is 24.3 Å². The lowest BCUT2D eigenvalue weighted by Gasteiger charge is -2.34. The summed E-state index contributed by atoms with van der Waals surface area (Å²) in [5.41, 5.74) is 2.92. The van der Waals surface area contributed by atoms with Crippen molar-refractivity contribution in [3.05, 3.63) is 68.0 Å². The largest absolute Gasteiger partial charge is 0.345 e. The Morgan fingerprint density at radius 2 is 1.92 bits per heavy atom. The molecule has 0 bridgehead atoms. The van der Waals surface area contributed by atoms with Crippen molar-refractivity contribution >= 4 is 38.6 Å². The molecule has 0 atom stereocenters. The van der Waals surface area contributed by atoms with Gasteiger partial charge in [0.05, 0.1) is 11.0 Å². The Bertz CT molecular complexity index is 941. The quantitative estimate of drug-likeness (QED) is 0.691. The minimum absolute atomic E-state index is 0.104. The number of imidazole rings is 1. The highest BCUT2D eigenvalue weighted by Crippen LogP contribution is 2.29. The van der Waals surface area contributed by atoms with Gasteiger partial charge in [0.25, 0.3) is 0 Å². The fourth-order valence-corrected chi connectivity index (χ4v) is 4.10. The Morgan fingerprint density at radius 1 is 1.12 bits per heavy atom. The Kier molecular flexibility index (Phi) is 4.14. The summed E-state index contributed by atoms with van der Waals surface area (Å²) in [5, 5.41) is 2.76. The van der Waals surface area contributed by atoms with Gasteiger partial charge < -0.3 is 9.99 Å². The molecule has 0 aliphatic carbocycles. The van der Waals surface area contributed by atoms with Crippen molar-refractivity contribution in [1.29, 1.82) is 0 Å². The van der Waals surface area contributed by atoms with Crippen LogP contribution in [0.4, 0.5) is 0 Å². The van der Waals surface area contributed by atoms with Gasteiger partial charge in [-0.05, 0) is 54.7 Å². The van der Waals surface area contributed by atoms with Gasteiger partial charge in [-0.1, -0.05) is 39.7 Å². The zero-order chi connectivity index (χ0) is 16.7. The molecule has 1 aliphatic heterocycles. The van der Waals surface area contributed by atoms with Crippen LogP contribution < -0.4 is 10.7 Å². The van der Waals surface area contributed by atoms with Crippen LogP contribution in [0.2, 0.25) is 5.02 Å². The maximum atomic E-state index is 12.4. The van der Waals surface area contributed by atoms with Crippen LogP contribution in [0.15, 0.2) is 51.7 Å². The molecular weight excluding hydrogens is 390 g/mol. The second-order valence-corrected chi connectivity index (χ2v) is 7.54. The summed E-state index contributed by atoms with van der Waals surface area (Å²) in [4.78, 5) is 15.3. The first-order valence-corrected chi connectivity index (χ1v) is 9.20. The van der Waals surface area contributed by atoms with E-state index in [4.69, 9.17) is 11.6 Å². The Balaban J connectivity index is 1.58. The van der Waals surface area contributed by atoms with E-state index in [-0.39, 0.29) is 5.69 Å². The summed E-state index contributed by atoms with van der Waals surface area (Å²) in [6, 6.07) is 14.0. The molecule has 0 unspecified atom stereocenters. The van der Waals surface area contributed by atoms with Crippen LogP contribution in [0.3, 0.4) is 0 Å². The van der Waals surface area contributed by atoms with E-state index < -0.39 is 0 Å². The average Bonchev–Trinajstić information content (AvgIpc) is 2.90. The molecule has 0 amide bonds. The highest BCUT2D eigenvalue weighted by molar-refractivity contribution is 9.10. The third-order valence-corrected chi connectivity index (χ3v) is 5.42. The first-order chi connectivity index (χ1) is 11.6. The van der Waals surface area contributed by atoms with Crippen LogP contribution in [-0.2, 0) is 0 Å². The molecule has 2 aromatic carbocycles. The van der Waals surface area contributed by atoms with Crippen molar-refractivity contribution in [2.45, 2.75) is 18.8 Å². The zero-order valence-corrected chi connectivity index (χ0v) is 15.3. The third-order valence-electron chi connectivity index (χ3n) is 4.70. The smallest absolute Gasteiger partial charge is 0.308 e. The number of rotatable bonds is 2. The van der Waals surface area contributed by atoms with Gasteiger partial charge in [0.2, 0.25) is 0 Å². The summed E-state index contributed by atoms with van der Waals surface area (Å²) >= 11 is 9.56. The lowest BCUT2D eigenvalue weighted by Crippen LogP contribution is -2.45. The van der Waals surface area contributed by atoms with Crippen LogP contribution in [0, 0.1) is 0 Å². The summed E-state index contributed by atoms with van der Waals surface area (Å²) < 4.78 is 2.87. The number of fused-ring (bicyclic) bond motifs is 1. The molecule has 1 N–H and O–H groups in total. The van der Waals surface area contributed by atoms with Gasteiger partial charge in [0.15, 0.2) is 0 Å². The number of hydrogen-bond acceptors (Lipinski definition) is 2. The second kappa shape index (κ2) is 6.30. The van der Waals surface area contributed by atoms with Crippen LogP contribution in [0.5, 0.6) is 0 Å². The van der Waals surface area contributed by atoms with Crippen molar-refractivity contribution in [2.24, 2.45) is 0 Å². The van der Waals surface area contributed by atoms with E-state index in [1.807, 2.05) is 12.1 Å². The third kappa shape index (κ3) is 2.87. The molecular formula is C18H17BrClN3O. The zero-order valence-electron chi connectivity index (χ0n) is 13.0. The first kappa shape index (κ1) is 15.8. The van der Waals surface area contributed by atoms with Gasteiger partial charge >= 0.3 is 5.69 Å². The molecule has 4 nitrogen and oxygen atoms in total. The average molecular weight is 407 g/mol. The minimum atomic E-state index is -0.104. The monoisotopic (exact) mass is 405 g/mol. The number of nitrogens with one attached hydrogen (secondary N) is 1. The number of benzene rings is 2. The van der Waals surface area contributed by atoms with E-state index in [2.05, 4.69) is 50.2 Å². The van der Waals surface area contributed by atoms with Crippen molar-refractivity contribution in [1.82, 2.24) is 9.66 Å². The van der Waals surface area contributed by atoms with Gasteiger partial charge in [-0.2, -0.15) is 0 Å². The maximum Gasteiger partial charge on any atom is 0.345 e. The van der Waals surface area contributed by atoms with Crippen molar-refractivity contribution < 1.29 is 0 Å². The predicted molar refractivity (Wildman–Crippen MR) is 102 cm³/mol. The van der Waals surface area contributed by atoms with Crippen molar-refractivity contribution in [3.8, 4) is 0 Å². The lowest BCUT2D eigenvalue weighted by atomic mass is 9.90. The van der Waals surface area contributed by atoms with Gasteiger partial charge in [-0.3, -0.25) is 0 Å². The molecule has 1 saturated heterocycles. The molecule has 6 heteroatoms. The van der Waals surface area contributed by atoms with Gasteiger partial charge in [-0.25, -0.2) is 9.47 Å². The fourth-order valence-electron chi connectivity index (χ4n) is 3.51. The Labute approximate surface area is 153 Å². The standard InChI is InChI=1S/C18H17BrClN3O/c19-14-3-1-2-13(10-14)12-6-8-22(9-7-12)23-17-5-4-15(20)11-16(17)21-18(23)24/h1-5,10-12H,6-9H2,(H,21,24). The number of hydrogen-bond donors (Lipinski definition) is 1. The SMILES string of the molecule is O=c1[nH]c2cc(Cl)ccc2n1N1CCC(c2cccc(Br)c2)CC1. The molecule has 1 aromatic heterocycles. The molecule has 1 fully saturated rings. The van der Waals surface area contributed by atoms with Crippen LogP contribution >= 0.6 is 27.5 Å². The molecule has 124 valence electrons. The summed E-state index contributed by atoms with van der Waals surface area (Å²) in [5.74, 6) is 0.536. The Morgan fingerprint density at radius 3 is 2.67 bits per heavy atom. The maximum absolute atomic E-state index is 12.4. The van der Waals surface area contributed by atoms with Gasteiger partial charge in [0.1, 0.15) is 0 Å².